The number of hydrogen-bond acceptors (Lipinski definition) is 4. The number of nitrogens with zero attached hydrogens (tertiary/aromatic N) is 1. The van der Waals surface area contributed by atoms with Crippen LogP contribution in [0.25, 0.3) is 6.08 Å². The molecular formula is C19H15IN2O4. The molecule has 132 valence electrons. The zero-order valence-electron chi connectivity index (χ0n) is 13.9. The summed E-state index contributed by atoms with van der Waals surface area (Å²) in [6, 6.07) is 13.1. The Hall–Kier alpha value is -2.68. The Morgan fingerprint density at radius 1 is 1.08 bits per heavy atom. The summed E-state index contributed by atoms with van der Waals surface area (Å²) in [5, 5.41) is 2.21. The average molecular weight is 462 g/mol. The van der Waals surface area contributed by atoms with E-state index in [1.165, 1.54) is 6.08 Å². The van der Waals surface area contributed by atoms with E-state index in [4.69, 9.17) is 4.74 Å². The molecule has 0 spiro atoms. The van der Waals surface area contributed by atoms with Crippen molar-refractivity contribution < 1.29 is 19.1 Å². The molecule has 0 atom stereocenters. The quantitative estimate of drug-likeness (QED) is 0.430. The van der Waals surface area contributed by atoms with E-state index in [9.17, 15) is 14.4 Å². The molecule has 3 rings (SSSR count). The summed E-state index contributed by atoms with van der Waals surface area (Å²) in [7, 11) is 0. The van der Waals surface area contributed by atoms with Gasteiger partial charge in [-0.25, -0.2) is 9.69 Å². The lowest BCUT2D eigenvalue weighted by molar-refractivity contribution is -0.122. The second-order valence-corrected chi connectivity index (χ2v) is 6.57. The number of rotatable bonds is 4. The first-order valence-electron chi connectivity index (χ1n) is 7.90. The second kappa shape index (κ2) is 7.69. The van der Waals surface area contributed by atoms with Crippen LogP contribution in [-0.4, -0.2) is 24.5 Å². The van der Waals surface area contributed by atoms with Crippen molar-refractivity contribution in [1.82, 2.24) is 5.32 Å². The summed E-state index contributed by atoms with van der Waals surface area (Å²) in [6.07, 6.45) is 1.49. The first-order chi connectivity index (χ1) is 12.5. The van der Waals surface area contributed by atoms with Crippen LogP contribution in [0.3, 0.4) is 0 Å². The number of halogens is 1. The van der Waals surface area contributed by atoms with E-state index >= 15 is 0 Å². The van der Waals surface area contributed by atoms with Crippen molar-refractivity contribution in [2.24, 2.45) is 0 Å². The maximum absolute atomic E-state index is 12.8. The Labute approximate surface area is 164 Å². The zero-order valence-corrected chi connectivity index (χ0v) is 16.0. The molecule has 26 heavy (non-hydrogen) atoms. The van der Waals surface area contributed by atoms with E-state index in [1.54, 1.807) is 30.3 Å². The minimum atomic E-state index is -0.774. The maximum atomic E-state index is 12.8. The summed E-state index contributed by atoms with van der Waals surface area (Å²) < 4.78 is 6.25. The highest BCUT2D eigenvalue weighted by atomic mass is 127. The first-order valence-corrected chi connectivity index (χ1v) is 8.98. The van der Waals surface area contributed by atoms with E-state index < -0.39 is 17.8 Å². The number of benzene rings is 2. The van der Waals surface area contributed by atoms with Gasteiger partial charge in [-0.15, -0.1) is 0 Å². The van der Waals surface area contributed by atoms with Crippen LogP contribution in [-0.2, 0) is 9.59 Å². The monoisotopic (exact) mass is 462 g/mol. The van der Waals surface area contributed by atoms with Gasteiger partial charge in [0, 0.05) is 3.57 Å². The van der Waals surface area contributed by atoms with Crippen molar-refractivity contribution in [3.63, 3.8) is 0 Å². The van der Waals surface area contributed by atoms with Crippen molar-refractivity contribution in [3.8, 4) is 5.75 Å². The summed E-state index contributed by atoms with van der Waals surface area (Å²) in [5.41, 5.74) is 0.993. The minimum Gasteiger partial charge on any atom is -0.494 e. The summed E-state index contributed by atoms with van der Waals surface area (Å²) in [6.45, 7) is 2.38. The highest BCUT2D eigenvalue weighted by molar-refractivity contribution is 14.1. The first kappa shape index (κ1) is 18.1. The highest BCUT2D eigenvalue weighted by Crippen LogP contribution is 2.25. The van der Waals surface area contributed by atoms with Crippen LogP contribution in [0.5, 0.6) is 5.75 Å². The number of amides is 4. The molecule has 6 nitrogen and oxygen atoms in total. The largest absolute Gasteiger partial charge is 0.494 e. The summed E-state index contributed by atoms with van der Waals surface area (Å²) in [5.74, 6) is -0.740. The van der Waals surface area contributed by atoms with E-state index in [-0.39, 0.29) is 5.57 Å². The number of carbonyl (C=O) groups excluding carboxylic acids is 3. The Balaban J connectivity index is 1.97. The van der Waals surface area contributed by atoms with E-state index in [0.717, 1.165) is 14.0 Å². The molecule has 0 aromatic heterocycles. The summed E-state index contributed by atoms with van der Waals surface area (Å²) >= 11 is 2.12. The lowest BCUT2D eigenvalue weighted by atomic mass is 10.1. The van der Waals surface area contributed by atoms with Crippen LogP contribution in [0.2, 0.25) is 0 Å². The smallest absolute Gasteiger partial charge is 0.335 e. The van der Waals surface area contributed by atoms with Gasteiger partial charge in [0.2, 0.25) is 0 Å². The fourth-order valence-electron chi connectivity index (χ4n) is 2.50. The van der Waals surface area contributed by atoms with E-state index in [2.05, 4.69) is 27.9 Å². The number of hydrogen-bond donors (Lipinski definition) is 1. The second-order valence-electron chi connectivity index (χ2n) is 5.41. The van der Waals surface area contributed by atoms with Crippen LogP contribution in [0.1, 0.15) is 12.5 Å². The lowest BCUT2D eigenvalue weighted by Gasteiger charge is -2.26. The molecule has 1 fully saturated rings. The third-order valence-corrected chi connectivity index (χ3v) is 4.70. The third kappa shape index (κ3) is 3.62. The molecule has 0 aliphatic carbocycles. The van der Waals surface area contributed by atoms with Gasteiger partial charge < -0.3 is 4.74 Å². The van der Waals surface area contributed by atoms with Gasteiger partial charge in [-0.3, -0.25) is 14.9 Å². The standard InChI is InChI=1S/C19H15IN2O4/c1-2-26-14-9-7-13(8-10-14)22-18(24)15(17(23)21-19(22)25)11-12-5-3-4-6-16(12)20/h3-11H,2H2,1H3,(H,21,23,25)/b15-11+. The summed E-state index contributed by atoms with van der Waals surface area (Å²) in [4.78, 5) is 38.1. The van der Waals surface area contributed by atoms with Crippen LogP contribution in [0.15, 0.2) is 54.1 Å². The van der Waals surface area contributed by atoms with Gasteiger partial charge in [-0.1, -0.05) is 18.2 Å². The molecule has 0 bridgehead atoms. The molecular weight excluding hydrogens is 447 g/mol. The Morgan fingerprint density at radius 2 is 1.77 bits per heavy atom. The van der Waals surface area contributed by atoms with Crippen molar-refractivity contribution in [3.05, 3.63) is 63.2 Å². The predicted molar refractivity (Wildman–Crippen MR) is 106 cm³/mol. The van der Waals surface area contributed by atoms with Crippen LogP contribution in [0.4, 0.5) is 10.5 Å². The normalized spacial score (nSPS) is 16.0. The van der Waals surface area contributed by atoms with Crippen molar-refractivity contribution in [2.75, 3.05) is 11.5 Å². The van der Waals surface area contributed by atoms with Crippen LogP contribution in [0, 0.1) is 3.57 Å². The topological polar surface area (TPSA) is 75.7 Å². The minimum absolute atomic E-state index is 0.0948. The molecule has 1 heterocycles. The lowest BCUT2D eigenvalue weighted by Crippen LogP contribution is -2.54. The Kier molecular flexibility index (Phi) is 5.36. The van der Waals surface area contributed by atoms with Gasteiger partial charge >= 0.3 is 6.03 Å². The van der Waals surface area contributed by atoms with Crippen molar-refractivity contribution in [1.29, 1.82) is 0 Å². The van der Waals surface area contributed by atoms with Gasteiger partial charge in [0.15, 0.2) is 0 Å². The van der Waals surface area contributed by atoms with E-state index in [1.807, 2.05) is 25.1 Å². The van der Waals surface area contributed by atoms with Gasteiger partial charge in [0.25, 0.3) is 11.8 Å². The molecule has 4 amide bonds. The number of nitrogens with one attached hydrogen (secondary N) is 1. The molecule has 2 aromatic rings. The molecule has 7 heteroatoms. The van der Waals surface area contributed by atoms with E-state index in [0.29, 0.717) is 18.0 Å². The Morgan fingerprint density at radius 3 is 2.42 bits per heavy atom. The molecule has 1 aliphatic rings. The number of carbonyl (C=O) groups is 3. The molecule has 0 unspecified atom stereocenters. The number of ether oxygens (including phenoxy) is 1. The zero-order chi connectivity index (χ0) is 18.7. The molecule has 2 aromatic carbocycles. The molecule has 0 radical (unpaired) electrons. The number of urea groups is 1. The molecule has 0 saturated carbocycles. The predicted octanol–water partition coefficient (Wildman–Crippen LogP) is 3.36. The SMILES string of the molecule is CCOc1ccc(N2C(=O)NC(=O)/C(=C\c3ccccc3I)C2=O)cc1. The number of anilines is 1. The van der Waals surface area contributed by atoms with Crippen molar-refractivity contribution in [2.45, 2.75) is 6.92 Å². The van der Waals surface area contributed by atoms with Crippen LogP contribution >= 0.6 is 22.6 Å². The van der Waals surface area contributed by atoms with Crippen LogP contribution < -0.4 is 15.0 Å². The maximum Gasteiger partial charge on any atom is 0.335 e. The molecule has 1 aliphatic heterocycles. The molecule has 1 N–H and O–H groups in total. The van der Waals surface area contributed by atoms with Gasteiger partial charge in [0.1, 0.15) is 11.3 Å². The van der Waals surface area contributed by atoms with Gasteiger partial charge in [-0.05, 0) is 71.5 Å². The van der Waals surface area contributed by atoms with Gasteiger partial charge in [0.05, 0.1) is 12.3 Å². The Bertz CT molecular complexity index is 906. The van der Waals surface area contributed by atoms with Crippen molar-refractivity contribution >= 4 is 52.2 Å². The fraction of sp³-hybridized carbons (Fsp3) is 0.105. The fourth-order valence-corrected chi connectivity index (χ4v) is 3.04. The number of barbiturate groups is 1. The third-order valence-electron chi connectivity index (χ3n) is 3.71. The highest BCUT2D eigenvalue weighted by Gasteiger charge is 2.36. The number of imide groups is 2. The average Bonchev–Trinajstić information content (AvgIpc) is 2.61. The molecule has 1 saturated heterocycles. The van der Waals surface area contributed by atoms with Gasteiger partial charge in [-0.2, -0.15) is 0 Å².